The van der Waals surface area contributed by atoms with Gasteiger partial charge in [0.1, 0.15) is 18.7 Å². The maximum Gasteiger partial charge on any atom is 0.410 e. The molecule has 0 saturated heterocycles. The van der Waals surface area contributed by atoms with E-state index in [0.29, 0.717) is 13.0 Å². The largest absolute Gasteiger partial charge is 0.464 e. The smallest absolute Gasteiger partial charge is 0.410 e. The van der Waals surface area contributed by atoms with Crippen molar-refractivity contribution in [2.24, 2.45) is 11.8 Å². The van der Waals surface area contributed by atoms with Gasteiger partial charge >= 0.3 is 12.1 Å². The van der Waals surface area contributed by atoms with Crippen LogP contribution in [0.5, 0.6) is 0 Å². The molecule has 0 aliphatic heterocycles. The monoisotopic (exact) mass is 466 g/mol. The molecule has 0 rings (SSSR count). The first-order valence-electron chi connectivity index (χ1n) is 12.4. The average molecular weight is 467 g/mol. The molecule has 0 aliphatic rings. The minimum absolute atomic E-state index is 0.0913. The van der Waals surface area contributed by atoms with Crippen LogP contribution in [0.25, 0.3) is 0 Å². The van der Waals surface area contributed by atoms with Gasteiger partial charge in [-0.15, -0.1) is 12.3 Å². The number of esters is 1. The van der Waals surface area contributed by atoms with E-state index in [1.54, 1.807) is 7.05 Å². The van der Waals surface area contributed by atoms with E-state index >= 15 is 0 Å². The van der Waals surface area contributed by atoms with Crippen molar-refractivity contribution in [2.75, 3.05) is 27.3 Å². The predicted molar refractivity (Wildman–Crippen MR) is 132 cm³/mol. The highest BCUT2D eigenvalue weighted by Gasteiger charge is 2.38. The number of amides is 2. The number of terminal acetylenes is 1. The molecule has 0 N–H and O–H groups in total. The molecule has 2 unspecified atom stereocenters. The van der Waals surface area contributed by atoms with Crippen LogP contribution in [0.1, 0.15) is 86.0 Å². The lowest BCUT2D eigenvalue weighted by Gasteiger charge is -2.36. The van der Waals surface area contributed by atoms with Crippen LogP contribution in [-0.2, 0) is 19.1 Å². The lowest BCUT2D eigenvalue weighted by atomic mass is 9.98. The number of likely N-dealkylation sites (N-methyl/N-ethyl adjacent to an activating group) is 2. The molecule has 7 heteroatoms. The highest BCUT2D eigenvalue weighted by atomic mass is 16.6. The third-order valence-electron chi connectivity index (χ3n) is 5.69. The van der Waals surface area contributed by atoms with Crippen LogP contribution < -0.4 is 0 Å². The second kappa shape index (κ2) is 17.3. The molecule has 0 saturated carbocycles. The molecular formula is C26H46N2O5. The van der Waals surface area contributed by atoms with Crippen molar-refractivity contribution in [3.63, 3.8) is 0 Å². The first-order valence-corrected chi connectivity index (χ1v) is 12.4. The van der Waals surface area contributed by atoms with Gasteiger partial charge in [-0.2, -0.15) is 0 Å². The Hall–Kier alpha value is -2.23. The van der Waals surface area contributed by atoms with Gasteiger partial charge in [0.15, 0.2) is 0 Å². The fourth-order valence-electron chi connectivity index (χ4n) is 3.85. The van der Waals surface area contributed by atoms with Gasteiger partial charge in [-0.05, 0) is 18.3 Å². The van der Waals surface area contributed by atoms with Crippen LogP contribution in [-0.4, -0.2) is 67.2 Å². The summed E-state index contributed by atoms with van der Waals surface area (Å²) in [7, 11) is 3.12. The maximum absolute atomic E-state index is 13.3. The van der Waals surface area contributed by atoms with Gasteiger partial charge in [-0.25, -0.2) is 9.59 Å². The second-order valence-electron chi connectivity index (χ2n) is 9.30. The van der Waals surface area contributed by atoms with Gasteiger partial charge < -0.3 is 14.4 Å². The Morgan fingerprint density at radius 1 is 0.788 bits per heavy atom. The Bertz CT molecular complexity index is 627. The molecule has 2 amide bonds. The second-order valence-corrected chi connectivity index (χ2v) is 9.30. The van der Waals surface area contributed by atoms with Gasteiger partial charge in [0.05, 0.1) is 6.61 Å². The molecule has 7 nitrogen and oxygen atoms in total. The molecule has 0 heterocycles. The summed E-state index contributed by atoms with van der Waals surface area (Å²) < 4.78 is 10.7. The van der Waals surface area contributed by atoms with E-state index in [9.17, 15) is 14.4 Å². The first kappa shape index (κ1) is 30.8. The lowest BCUT2D eigenvalue weighted by Crippen LogP contribution is -2.56. The van der Waals surface area contributed by atoms with E-state index in [0.717, 1.165) is 19.3 Å². The number of carbonyl (C=O) groups excluding carboxylic acids is 3. The van der Waals surface area contributed by atoms with Crippen molar-refractivity contribution in [1.29, 1.82) is 0 Å². The molecule has 0 fully saturated rings. The van der Waals surface area contributed by atoms with E-state index in [4.69, 9.17) is 15.9 Å². The number of hydrogen-bond acceptors (Lipinski definition) is 5. The quantitative estimate of drug-likeness (QED) is 0.184. The number of ether oxygens (including phenoxy) is 2. The summed E-state index contributed by atoms with van der Waals surface area (Å²) in [6.45, 7) is 10.1. The number of unbranched alkanes of at least 4 members (excludes halogenated alkanes) is 6. The number of carbonyl (C=O) groups is 3. The van der Waals surface area contributed by atoms with Gasteiger partial charge in [-0.1, -0.05) is 73.1 Å². The zero-order valence-electron chi connectivity index (χ0n) is 21.9. The Labute approximate surface area is 201 Å². The third kappa shape index (κ3) is 11.5. The summed E-state index contributed by atoms with van der Waals surface area (Å²) in [4.78, 5) is 41.3. The van der Waals surface area contributed by atoms with Gasteiger partial charge in [0.25, 0.3) is 0 Å². The minimum Gasteiger partial charge on any atom is -0.464 e. The van der Waals surface area contributed by atoms with E-state index < -0.39 is 24.1 Å². The first-order chi connectivity index (χ1) is 15.6. The highest BCUT2D eigenvalue weighted by Crippen LogP contribution is 2.19. The zero-order chi connectivity index (χ0) is 25.4. The van der Waals surface area contributed by atoms with E-state index in [1.165, 1.54) is 42.5 Å². The summed E-state index contributed by atoms with van der Waals surface area (Å²) in [6, 6.07) is -1.50. The number of nitrogens with zero attached hydrogens (tertiary/aromatic N) is 2. The van der Waals surface area contributed by atoms with Crippen molar-refractivity contribution < 1.29 is 23.9 Å². The van der Waals surface area contributed by atoms with Gasteiger partial charge in [0, 0.05) is 20.5 Å². The fraction of sp³-hybridized carbons (Fsp3) is 0.808. The van der Waals surface area contributed by atoms with Crippen LogP contribution in [0, 0.1) is 24.2 Å². The average Bonchev–Trinajstić information content (AvgIpc) is 2.75. The van der Waals surface area contributed by atoms with Crippen LogP contribution in [0.3, 0.4) is 0 Å². The van der Waals surface area contributed by atoms with E-state index in [2.05, 4.69) is 12.8 Å². The Kier molecular flexibility index (Phi) is 16.1. The standard InChI is InChI=1S/C26H46N2O5/c1-9-11-13-14-15-16-17-19-32-25(30)23(21(5)6)27(7)24(29)22(20(3)4)28(8)26(31)33-18-12-10-2/h2,20-23H,9,11-19H2,1,3-8H3. The highest BCUT2D eigenvalue weighted by molar-refractivity contribution is 5.89. The molecular weight excluding hydrogens is 420 g/mol. The van der Waals surface area contributed by atoms with Crippen molar-refractivity contribution in [3.8, 4) is 12.3 Å². The van der Waals surface area contributed by atoms with Crippen LogP contribution in [0.2, 0.25) is 0 Å². The normalized spacial score (nSPS) is 12.7. The number of hydrogen-bond donors (Lipinski definition) is 0. The summed E-state index contributed by atoms with van der Waals surface area (Å²) in [5.41, 5.74) is 0. The molecule has 0 aliphatic carbocycles. The summed E-state index contributed by atoms with van der Waals surface area (Å²) in [6.07, 6.45) is 12.8. The van der Waals surface area contributed by atoms with Crippen molar-refractivity contribution >= 4 is 18.0 Å². The Morgan fingerprint density at radius 3 is 1.85 bits per heavy atom. The Morgan fingerprint density at radius 2 is 1.33 bits per heavy atom. The van der Waals surface area contributed by atoms with Crippen molar-refractivity contribution in [1.82, 2.24) is 9.80 Å². The maximum atomic E-state index is 13.3. The molecule has 0 bridgehead atoms. The van der Waals surface area contributed by atoms with Crippen molar-refractivity contribution in [2.45, 2.75) is 98.1 Å². The van der Waals surface area contributed by atoms with E-state index in [1.807, 2.05) is 27.7 Å². The molecule has 0 aromatic heterocycles. The molecule has 190 valence electrons. The third-order valence-corrected chi connectivity index (χ3v) is 5.69. The van der Waals surface area contributed by atoms with Crippen molar-refractivity contribution in [3.05, 3.63) is 0 Å². The van der Waals surface area contributed by atoms with Crippen LogP contribution in [0.4, 0.5) is 4.79 Å². The van der Waals surface area contributed by atoms with Crippen LogP contribution in [0.15, 0.2) is 0 Å². The van der Waals surface area contributed by atoms with E-state index in [-0.39, 0.29) is 24.3 Å². The van der Waals surface area contributed by atoms with Crippen LogP contribution >= 0.6 is 0 Å². The molecule has 33 heavy (non-hydrogen) atoms. The summed E-state index contributed by atoms with van der Waals surface area (Å²) in [5.74, 6) is 1.36. The summed E-state index contributed by atoms with van der Waals surface area (Å²) >= 11 is 0. The van der Waals surface area contributed by atoms with Gasteiger partial charge in [0.2, 0.25) is 5.91 Å². The number of rotatable bonds is 16. The SMILES string of the molecule is C#CCCOC(=O)N(C)C(C(=O)N(C)C(C(=O)OCCCCCCCCC)C(C)C)C(C)C. The fourth-order valence-corrected chi connectivity index (χ4v) is 3.85. The van der Waals surface area contributed by atoms with Gasteiger partial charge in [-0.3, -0.25) is 9.69 Å². The summed E-state index contributed by atoms with van der Waals surface area (Å²) in [5, 5.41) is 0. The topological polar surface area (TPSA) is 76.2 Å². The molecule has 0 spiro atoms. The lowest BCUT2D eigenvalue weighted by molar-refractivity contribution is -0.158. The molecule has 2 atom stereocenters. The minimum atomic E-state index is -0.773. The predicted octanol–water partition coefficient (Wildman–Crippen LogP) is 4.88. The molecule has 0 aromatic rings. The Balaban J connectivity index is 5.00. The molecule has 0 aromatic carbocycles. The zero-order valence-corrected chi connectivity index (χ0v) is 21.9. The molecule has 0 radical (unpaired) electrons.